The van der Waals surface area contributed by atoms with E-state index in [2.05, 4.69) is 5.32 Å². The number of alkyl halides is 2. The Labute approximate surface area is 87.2 Å². The van der Waals surface area contributed by atoms with Crippen LogP contribution in [-0.2, 0) is 5.92 Å². The standard InChI is InChI=1S/C11H13F2NO/c1-15-8-3-4-10-9(7-8)11(12,13)5-2-6-14-10/h3-4,7,14H,2,5-6H2,1H3. The van der Waals surface area contributed by atoms with Crippen molar-refractivity contribution in [3.8, 4) is 5.75 Å². The fourth-order valence-corrected chi connectivity index (χ4v) is 1.78. The molecule has 1 aliphatic rings. The highest BCUT2D eigenvalue weighted by molar-refractivity contribution is 5.56. The molecule has 2 rings (SSSR count). The minimum atomic E-state index is -2.76. The maximum absolute atomic E-state index is 13.7. The van der Waals surface area contributed by atoms with E-state index in [0.717, 1.165) is 0 Å². The Morgan fingerprint density at radius 3 is 2.93 bits per heavy atom. The average molecular weight is 213 g/mol. The van der Waals surface area contributed by atoms with E-state index in [0.29, 0.717) is 24.4 Å². The van der Waals surface area contributed by atoms with Gasteiger partial charge in [0, 0.05) is 24.2 Å². The normalized spacial score (nSPS) is 18.6. The molecule has 0 amide bonds. The molecule has 0 bridgehead atoms. The Hall–Kier alpha value is -1.32. The Bertz CT molecular complexity index is 366. The highest BCUT2D eigenvalue weighted by Crippen LogP contribution is 2.40. The van der Waals surface area contributed by atoms with Crippen LogP contribution in [-0.4, -0.2) is 13.7 Å². The minimum absolute atomic E-state index is 0.0411. The molecule has 1 N–H and O–H groups in total. The fourth-order valence-electron chi connectivity index (χ4n) is 1.78. The van der Waals surface area contributed by atoms with Gasteiger partial charge in [0.25, 0.3) is 5.92 Å². The van der Waals surface area contributed by atoms with Crippen molar-refractivity contribution < 1.29 is 13.5 Å². The molecule has 1 aromatic rings. The summed E-state index contributed by atoms with van der Waals surface area (Å²) in [7, 11) is 1.48. The zero-order valence-corrected chi connectivity index (χ0v) is 8.52. The van der Waals surface area contributed by atoms with E-state index < -0.39 is 5.92 Å². The van der Waals surface area contributed by atoms with Crippen LogP contribution in [0.3, 0.4) is 0 Å². The van der Waals surface area contributed by atoms with Crippen molar-refractivity contribution in [1.29, 1.82) is 0 Å². The minimum Gasteiger partial charge on any atom is -0.497 e. The van der Waals surface area contributed by atoms with Gasteiger partial charge in [-0.1, -0.05) is 0 Å². The Morgan fingerprint density at radius 1 is 1.40 bits per heavy atom. The smallest absolute Gasteiger partial charge is 0.275 e. The molecule has 0 atom stereocenters. The second-order valence-corrected chi connectivity index (χ2v) is 3.65. The number of rotatable bonds is 1. The number of methoxy groups -OCH3 is 1. The molecule has 0 saturated heterocycles. The van der Waals surface area contributed by atoms with E-state index in [1.165, 1.54) is 13.2 Å². The second kappa shape index (κ2) is 3.68. The van der Waals surface area contributed by atoms with Crippen molar-refractivity contribution in [1.82, 2.24) is 0 Å². The predicted octanol–water partition coefficient (Wildman–Crippen LogP) is 2.99. The Balaban J connectivity index is 2.48. The summed E-state index contributed by atoms with van der Waals surface area (Å²) in [5.41, 5.74) is 0.553. The third-order valence-corrected chi connectivity index (χ3v) is 2.60. The first-order valence-electron chi connectivity index (χ1n) is 4.94. The molecule has 0 aliphatic carbocycles. The Kier molecular flexibility index (Phi) is 2.50. The van der Waals surface area contributed by atoms with Crippen LogP contribution >= 0.6 is 0 Å². The van der Waals surface area contributed by atoms with Gasteiger partial charge in [0.2, 0.25) is 0 Å². The highest BCUT2D eigenvalue weighted by atomic mass is 19.3. The summed E-state index contributed by atoms with van der Waals surface area (Å²) >= 11 is 0. The van der Waals surface area contributed by atoms with E-state index >= 15 is 0 Å². The summed E-state index contributed by atoms with van der Waals surface area (Å²) in [6, 6.07) is 4.74. The number of nitrogens with one attached hydrogen (secondary N) is 1. The molecule has 0 saturated carbocycles. The van der Waals surface area contributed by atoms with Crippen LogP contribution in [0.25, 0.3) is 0 Å². The lowest BCUT2D eigenvalue weighted by atomic mass is 10.0. The number of anilines is 1. The van der Waals surface area contributed by atoms with Crippen LogP contribution in [0.4, 0.5) is 14.5 Å². The molecular formula is C11H13F2NO. The molecule has 4 heteroatoms. The molecule has 15 heavy (non-hydrogen) atoms. The van der Waals surface area contributed by atoms with Gasteiger partial charge < -0.3 is 10.1 Å². The third-order valence-electron chi connectivity index (χ3n) is 2.60. The van der Waals surface area contributed by atoms with Gasteiger partial charge in [0.05, 0.1) is 7.11 Å². The molecule has 0 spiro atoms. The molecule has 0 radical (unpaired) electrons. The van der Waals surface area contributed by atoms with Crippen LogP contribution in [0.2, 0.25) is 0 Å². The van der Waals surface area contributed by atoms with Crippen LogP contribution in [0.5, 0.6) is 5.75 Å². The first-order chi connectivity index (χ1) is 7.13. The van der Waals surface area contributed by atoms with E-state index in [1.54, 1.807) is 12.1 Å². The maximum atomic E-state index is 13.7. The predicted molar refractivity (Wildman–Crippen MR) is 54.6 cm³/mol. The van der Waals surface area contributed by atoms with Crippen LogP contribution in [0.15, 0.2) is 18.2 Å². The maximum Gasteiger partial charge on any atom is 0.275 e. The van der Waals surface area contributed by atoms with Gasteiger partial charge in [-0.3, -0.25) is 0 Å². The SMILES string of the molecule is COc1ccc2c(c1)C(F)(F)CCCN2. The van der Waals surface area contributed by atoms with E-state index in [1.807, 2.05) is 0 Å². The summed E-state index contributed by atoms with van der Waals surface area (Å²) in [6.45, 7) is 0.592. The van der Waals surface area contributed by atoms with Gasteiger partial charge in [-0.05, 0) is 24.6 Å². The highest BCUT2D eigenvalue weighted by Gasteiger charge is 2.35. The number of fused-ring (bicyclic) bond motifs is 1. The monoisotopic (exact) mass is 213 g/mol. The van der Waals surface area contributed by atoms with Crippen molar-refractivity contribution in [2.24, 2.45) is 0 Å². The number of benzene rings is 1. The molecule has 0 aromatic heterocycles. The number of ether oxygens (including phenoxy) is 1. The third kappa shape index (κ3) is 1.89. The molecular weight excluding hydrogens is 200 g/mol. The largest absolute Gasteiger partial charge is 0.497 e. The van der Waals surface area contributed by atoms with E-state index in [-0.39, 0.29) is 12.0 Å². The van der Waals surface area contributed by atoms with Crippen LogP contribution in [0, 0.1) is 0 Å². The average Bonchev–Trinajstić information content (AvgIpc) is 2.37. The van der Waals surface area contributed by atoms with Crippen molar-refractivity contribution in [2.75, 3.05) is 19.0 Å². The lowest BCUT2D eigenvalue weighted by Gasteiger charge is -2.17. The van der Waals surface area contributed by atoms with E-state index in [4.69, 9.17) is 4.74 Å². The van der Waals surface area contributed by atoms with Gasteiger partial charge in [-0.2, -0.15) is 0 Å². The molecule has 82 valence electrons. The fraction of sp³-hybridized carbons (Fsp3) is 0.455. The number of hydrogen-bond donors (Lipinski definition) is 1. The lowest BCUT2D eigenvalue weighted by Crippen LogP contribution is -2.12. The summed E-state index contributed by atoms with van der Waals surface area (Å²) in [6.07, 6.45) is 0.365. The topological polar surface area (TPSA) is 21.3 Å². The van der Waals surface area contributed by atoms with Gasteiger partial charge in [0.15, 0.2) is 0 Å². The first-order valence-corrected chi connectivity index (χ1v) is 4.94. The lowest BCUT2D eigenvalue weighted by molar-refractivity contribution is -0.0122. The molecule has 0 fully saturated rings. The zero-order chi connectivity index (χ0) is 10.9. The molecule has 0 unspecified atom stereocenters. The quantitative estimate of drug-likeness (QED) is 0.774. The molecule has 1 aliphatic heterocycles. The van der Waals surface area contributed by atoms with Crippen LogP contribution in [0.1, 0.15) is 18.4 Å². The zero-order valence-electron chi connectivity index (χ0n) is 8.52. The van der Waals surface area contributed by atoms with Crippen molar-refractivity contribution >= 4 is 5.69 Å². The number of hydrogen-bond acceptors (Lipinski definition) is 2. The molecule has 2 nitrogen and oxygen atoms in total. The van der Waals surface area contributed by atoms with Crippen molar-refractivity contribution in [3.63, 3.8) is 0 Å². The van der Waals surface area contributed by atoms with Gasteiger partial charge in [-0.15, -0.1) is 0 Å². The summed E-state index contributed by atoms with van der Waals surface area (Å²) < 4.78 is 32.3. The first kappa shape index (κ1) is 10.2. The molecule has 1 heterocycles. The van der Waals surface area contributed by atoms with Crippen molar-refractivity contribution in [2.45, 2.75) is 18.8 Å². The number of halogens is 2. The molecule has 1 aromatic carbocycles. The summed E-state index contributed by atoms with van der Waals surface area (Å²) in [5.74, 6) is -2.29. The second-order valence-electron chi connectivity index (χ2n) is 3.65. The Morgan fingerprint density at radius 2 is 2.20 bits per heavy atom. The van der Waals surface area contributed by atoms with Gasteiger partial charge in [0.1, 0.15) is 5.75 Å². The van der Waals surface area contributed by atoms with Crippen LogP contribution < -0.4 is 10.1 Å². The van der Waals surface area contributed by atoms with Gasteiger partial charge in [-0.25, -0.2) is 8.78 Å². The summed E-state index contributed by atoms with van der Waals surface area (Å²) in [4.78, 5) is 0. The van der Waals surface area contributed by atoms with E-state index in [9.17, 15) is 8.78 Å². The van der Waals surface area contributed by atoms with Gasteiger partial charge >= 0.3 is 0 Å². The summed E-state index contributed by atoms with van der Waals surface area (Å²) in [5, 5.41) is 3.00. The van der Waals surface area contributed by atoms with Crippen molar-refractivity contribution in [3.05, 3.63) is 23.8 Å².